The van der Waals surface area contributed by atoms with Crippen LogP contribution >= 0.6 is 0 Å². The molecule has 0 atom stereocenters. The fourth-order valence-electron chi connectivity index (χ4n) is 2.52. The van der Waals surface area contributed by atoms with Gasteiger partial charge in [0.15, 0.2) is 0 Å². The van der Waals surface area contributed by atoms with E-state index in [4.69, 9.17) is 4.65 Å². The summed E-state index contributed by atoms with van der Waals surface area (Å²) in [5.74, 6) is 0.683. The summed E-state index contributed by atoms with van der Waals surface area (Å²) in [6.07, 6.45) is 0. The molecule has 3 heteroatoms. The molecule has 1 N–H and O–H groups in total. The molecule has 3 rings (SSSR count). The minimum absolute atomic E-state index is 0.683. The van der Waals surface area contributed by atoms with Gasteiger partial charge in [-0.05, 0) is 29.6 Å². The molecule has 3 aromatic carbocycles. The quantitative estimate of drug-likeness (QED) is 0.745. The van der Waals surface area contributed by atoms with E-state index in [0.29, 0.717) is 5.75 Å². The van der Waals surface area contributed by atoms with Crippen molar-refractivity contribution in [3.05, 3.63) is 84.4 Å². The van der Waals surface area contributed by atoms with Gasteiger partial charge in [-0.1, -0.05) is 72.8 Å². The molecular formula is C19H17BO2. The van der Waals surface area contributed by atoms with Crippen molar-refractivity contribution < 1.29 is 9.68 Å². The van der Waals surface area contributed by atoms with E-state index in [1.54, 1.807) is 0 Å². The molecule has 0 radical (unpaired) electrons. The monoisotopic (exact) mass is 288 g/mol. The number of aryl methyl sites for hydroxylation is 1. The lowest BCUT2D eigenvalue weighted by molar-refractivity contribution is 0.433. The summed E-state index contributed by atoms with van der Waals surface area (Å²) in [7, 11) is -0.981. The minimum Gasteiger partial charge on any atom is -0.532 e. The molecule has 0 aromatic heterocycles. The van der Waals surface area contributed by atoms with Crippen LogP contribution in [-0.4, -0.2) is 12.1 Å². The summed E-state index contributed by atoms with van der Waals surface area (Å²) in [6.45, 7) is 2.05. The third kappa shape index (κ3) is 3.05. The molecule has 3 aromatic rings. The Balaban J connectivity index is 1.96. The highest BCUT2D eigenvalue weighted by atomic mass is 16.5. The van der Waals surface area contributed by atoms with Crippen molar-refractivity contribution in [3.8, 4) is 16.9 Å². The Hall–Kier alpha value is -2.52. The number of hydrogen-bond acceptors (Lipinski definition) is 2. The largest absolute Gasteiger partial charge is 0.560 e. The van der Waals surface area contributed by atoms with Crippen molar-refractivity contribution in [3.63, 3.8) is 0 Å². The molecule has 0 amide bonds. The van der Waals surface area contributed by atoms with Gasteiger partial charge in [0.25, 0.3) is 0 Å². The van der Waals surface area contributed by atoms with Crippen LogP contribution in [0.15, 0.2) is 78.9 Å². The Bertz CT molecular complexity index is 742. The lowest BCUT2D eigenvalue weighted by atomic mass is 9.79. The maximum Gasteiger partial charge on any atom is 0.560 e. The Morgan fingerprint density at radius 2 is 1.41 bits per heavy atom. The molecule has 0 spiro atoms. The first-order chi connectivity index (χ1) is 10.8. The predicted octanol–water partition coefficient (Wildman–Crippen LogP) is 3.43. The van der Waals surface area contributed by atoms with Crippen LogP contribution in [-0.2, 0) is 0 Å². The van der Waals surface area contributed by atoms with Crippen molar-refractivity contribution in [2.24, 2.45) is 0 Å². The Morgan fingerprint density at radius 3 is 2.09 bits per heavy atom. The molecule has 0 unspecified atom stereocenters. The maximum atomic E-state index is 10.3. The first-order valence-electron chi connectivity index (χ1n) is 7.30. The molecule has 0 aliphatic rings. The minimum atomic E-state index is -0.981. The Kier molecular flexibility index (Phi) is 4.26. The summed E-state index contributed by atoms with van der Waals surface area (Å²) >= 11 is 0. The summed E-state index contributed by atoms with van der Waals surface area (Å²) in [5.41, 5.74) is 3.95. The lowest BCUT2D eigenvalue weighted by Crippen LogP contribution is -2.36. The Labute approximate surface area is 131 Å². The van der Waals surface area contributed by atoms with E-state index in [1.165, 1.54) is 0 Å². The molecule has 0 fully saturated rings. The van der Waals surface area contributed by atoms with Crippen LogP contribution in [0.5, 0.6) is 5.75 Å². The molecule has 0 aliphatic carbocycles. The van der Waals surface area contributed by atoms with Crippen molar-refractivity contribution in [2.45, 2.75) is 6.92 Å². The van der Waals surface area contributed by atoms with Crippen molar-refractivity contribution >= 4 is 12.6 Å². The number of rotatable bonds is 4. The van der Waals surface area contributed by atoms with E-state index in [1.807, 2.05) is 85.8 Å². The summed E-state index contributed by atoms with van der Waals surface area (Å²) in [4.78, 5) is 0. The SMILES string of the molecule is Cc1cccc(OB(O)c2ccccc2)c1-c1ccccc1. The first-order valence-corrected chi connectivity index (χ1v) is 7.30. The van der Waals surface area contributed by atoms with Crippen LogP contribution in [0.4, 0.5) is 0 Å². The van der Waals surface area contributed by atoms with E-state index >= 15 is 0 Å². The molecule has 0 aliphatic heterocycles. The molecule has 2 nitrogen and oxygen atoms in total. The third-order valence-electron chi connectivity index (χ3n) is 3.62. The molecule has 0 heterocycles. The normalized spacial score (nSPS) is 10.3. The van der Waals surface area contributed by atoms with E-state index in [2.05, 4.69) is 0 Å². The van der Waals surface area contributed by atoms with Crippen molar-refractivity contribution in [1.82, 2.24) is 0 Å². The van der Waals surface area contributed by atoms with Crippen LogP contribution in [0, 0.1) is 6.92 Å². The molecule has 0 saturated carbocycles. The van der Waals surface area contributed by atoms with Gasteiger partial charge < -0.3 is 9.68 Å². The lowest BCUT2D eigenvalue weighted by Gasteiger charge is -2.16. The van der Waals surface area contributed by atoms with Gasteiger partial charge in [-0.25, -0.2) is 0 Å². The standard InChI is InChI=1S/C19H17BO2/c1-15-9-8-14-18(19(15)16-10-4-2-5-11-16)22-20(21)17-12-6-3-7-13-17/h2-14,21H,1H3. The van der Waals surface area contributed by atoms with Crippen LogP contribution in [0.1, 0.15) is 5.56 Å². The fourth-order valence-corrected chi connectivity index (χ4v) is 2.52. The predicted molar refractivity (Wildman–Crippen MR) is 91.3 cm³/mol. The maximum absolute atomic E-state index is 10.3. The highest BCUT2D eigenvalue weighted by molar-refractivity contribution is 6.60. The van der Waals surface area contributed by atoms with Crippen LogP contribution in [0.25, 0.3) is 11.1 Å². The molecule has 108 valence electrons. The third-order valence-corrected chi connectivity index (χ3v) is 3.62. The van der Waals surface area contributed by atoms with E-state index in [-0.39, 0.29) is 0 Å². The topological polar surface area (TPSA) is 29.5 Å². The second kappa shape index (κ2) is 6.50. The summed E-state index contributed by atoms with van der Waals surface area (Å²) in [5, 5.41) is 10.3. The molecule has 0 bridgehead atoms. The van der Waals surface area contributed by atoms with Crippen molar-refractivity contribution in [2.75, 3.05) is 0 Å². The number of benzene rings is 3. The van der Waals surface area contributed by atoms with Gasteiger partial charge in [0.2, 0.25) is 0 Å². The van der Waals surface area contributed by atoms with Gasteiger partial charge in [0.05, 0.1) is 0 Å². The van der Waals surface area contributed by atoms with Crippen LogP contribution in [0.2, 0.25) is 0 Å². The zero-order valence-electron chi connectivity index (χ0n) is 12.4. The van der Waals surface area contributed by atoms with Gasteiger partial charge in [0, 0.05) is 5.56 Å². The summed E-state index contributed by atoms with van der Waals surface area (Å²) in [6, 6.07) is 25.3. The molecule has 22 heavy (non-hydrogen) atoms. The zero-order valence-corrected chi connectivity index (χ0v) is 12.4. The van der Waals surface area contributed by atoms with E-state index in [9.17, 15) is 5.02 Å². The Morgan fingerprint density at radius 1 is 0.773 bits per heavy atom. The van der Waals surface area contributed by atoms with Gasteiger partial charge in [0.1, 0.15) is 5.75 Å². The van der Waals surface area contributed by atoms with Crippen LogP contribution < -0.4 is 10.1 Å². The highest BCUT2D eigenvalue weighted by Crippen LogP contribution is 2.33. The number of hydrogen-bond donors (Lipinski definition) is 1. The van der Waals surface area contributed by atoms with Gasteiger partial charge in [-0.15, -0.1) is 0 Å². The zero-order chi connectivity index (χ0) is 15.4. The second-order valence-corrected chi connectivity index (χ2v) is 5.19. The smallest absolute Gasteiger partial charge is 0.532 e. The fraction of sp³-hybridized carbons (Fsp3) is 0.0526. The van der Waals surface area contributed by atoms with Crippen molar-refractivity contribution in [1.29, 1.82) is 0 Å². The van der Waals surface area contributed by atoms with Gasteiger partial charge >= 0.3 is 7.12 Å². The first kappa shape index (κ1) is 14.4. The van der Waals surface area contributed by atoms with E-state index in [0.717, 1.165) is 22.2 Å². The molecular weight excluding hydrogens is 271 g/mol. The van der Waals surface area contributed by atoms with Crippen LogP contribution in [0.3, 0.4) is 0 Å². The van der Waals surface area contributed by atoms with E-state index < -0.39 is 7.12 Å². The highest BCUT2D eigenvalue weighted by Gasteiger charge is 2.20. The second-order valence-electron chi connectivity index (χ2n) is 5.19. The van der Waals surface area contributed by atoms with Gasteiger partial charge in [-0.2, -0.15) is 0 Å². The average molecular weight is 288 g/mol. The molecule has 0 saturated heterocycles. The average Bonchev–Trinajstić information content (AvgIpc) is 2.56. The summed E-state index contributed by atoms with van der Waals surface area (Å²) < 4.78 is 5.82. The van der Waals surface area contributed by atoms with Gasteiger partial charge in [-0.3, -0.25) is 0 Å².